The average Bonchev–Trinajstić information content (AvgIpc) is 2.78. The van der Waals surface area contributed by atoms with E-state index >= 15 is 0 Å². The molecule has 1 fully saturated rings. The first-order valence-corrected chi connectivity index (χ1v) is 10.2. The first-order valence-electron chi connectivity index (χ1n) is 10.2. The first-order chi connectivity index (χ1) is 14.1. The van der Waals surface area contributed by atoms with Crippen LogP contribution in [0.15, 0.2) is 60.7 Å². The standard InChI is InChI=1S/C24H27NO4/c1-17(22(26)25-23(27)19-13-7-3-8-14-19)21(18-11-5-2-6-12-18)29-24(28)20-15-9-4-10-16-20/h3-4,7-10,13-18,21H,2,5-6,11-12H2,1H3,(H,25,26,27)/t17-,21+/m0/s1. The summed E-state index contributed by atoms with van der Waals surface area (Å²) in [6, 6.07) is 17.4. The molecule has 0 bridgehead atoms. The van der Waals surface area contributed by atoms with Gasteiger partial charge >= 0.3 is 5.97 Å². The molecule has 1 aliphatic carbocycles. The van der Waals surface area contributed by atoms with Crippen LogP contribution in [-0.4, -0.2) is 23.9 Å². The van der Waals surface area contributed by atoms with Gasteiger partial charge in [0.1, 0.15) is 6.10 Å². The number of nitrogens with one attached hydrogen (secondary N) is 1. The summed E-state index contributed by atoms with van der Waals surface area (Å²) in [5.41, 5.74) is 0.879. The lowest BCUT2D eigenvalue weighted by Crippen LogP contribution is -2.44. The molecule has 2 amide bonds. The Morgan fingerprint density at radius 3 is 2.00 bits per heavy atom. The van der Waals surface area contributed by atoms with Crippen molar-refractivity contribution in [2.24, 2.45) is 11.8 Å². The van der Waals surface area contributed by atoms with Crippen LogP contribution in [0.1, 0.15) is 59.7 Å². The van der Waals surface area contributed by atoms with E-state index in [1.165, 1.54) is 0 Å². The van der Waals surface area contributed by atoms with Crippen LogP contribution < -0.4 is 5.32 Å². The van der Waals surface area contributed by atoms with Crippen LogP contribution in [0.2, 0.25) is 0 Å². The van der Waals surface area contributed by atoms with E-state index in [1.807, 2.05) is 12.1 Å². The molecule has 0 saturated heterocycles. The van der Waals surface area contributed by atoms with Crippen LogP contribution in [0, 0.1) is 11.8 Å². The van der Waals surface area contributed by atoms with Gasteiger partial charge < -0.3 is 4.74 Å². The Kier molecular flexibility index (Phi) is 7.17. The van der Waals surface area contributed by atoms with E-state index in [2.05, 4.69) is 5.32 Å². The number of esters is 1. The summed E-state index contributed by atoms with van der Waals surface area (Å²) in [7, 11) is 0. The Bertz CT molecular complexity index is 828. The molecule has 2 aromatic rings. The summed E-state index contributed by atoms with van der Waals surface area (Å²) >= 11 is 0. The zero-order chi connectivity index (χ0) is 20.6. The third-order valence-electron chi connectivity index (χ3n) is 5.55. The van der Waals surface area contributed by atoms with Crippen molar-refractivity contribution >= 4 is 17.8 Å². The molecule has 0 radical (unpaired) electrons. The topological polar surface area (TPSA) is 72.5 Å². The Balaban J connectivity index is 1.72. The summed E-state index contributed by atoms with van der Waals surface area (Å²) in [4.78, 5) is 37.8. The van der Waals surface area contributed by atoms with Crippen molar-refractivity contribution in [2.45, 2.75) is 45.1 Å². The van der Waals surface area contributed by atoms with Gasteiger partial charge in [0.05, 0.1) is 11.5 Å². The molecule has 3 rings (SSSR count). The van der Waals surface area contributed by atoms with Crippen molar-refractivity contribution in [1.29, 1.82) is 0 Å². The zero-order valence-corrected chi connectivity index (χ0v) is 16.7. The van der Waals surface area contributed by atoms with Gasteiger partial charge in [0.15, 0.2) is 0 Å². The number of imide groups is 1. The maximum Gasteiger partial charge on any atom is 0.338 e. The fourth-order valence-corrected chi connectivity index (χ4v) is 3.87. The molecule has 2 atom stereocenters. The molecular weight excluding hydrogens is 366 g/mol. The third kappa shape index (κ3) is 5.53. The monoisotopic (exact) mass is 393 g/mol. The molecule has 5 nitrogen and oxygen atoms in total. The number of carbonyl (C=O) groups excluding carboxylic acids is 3. The summed E-state index contributed by atoms with van der Waals surface area (Å²) in [5, 5.41) is 2.46. The number of hydrogen-bond acceptors (Lipinski definition) is 4. The number of benzene rings is 2. The molecular formula is C24H27NO4. The largest absolute Gasteiger partial charge is 0.458 e. The lowest BCUT2D eigenvalue weighted by molar-refractivity contribution is -0.128. The van der Waals surface area contributed by atoms with Gasteiger partial charge in [-0.1, -0.05) is 62.6 Å². The van der Waals surface area contributed by atoms with Crippen LogP contribution in [0.3, 0.4) is 0 Å². The Labute approximate surface area is 171 Å². The van der Waals surface area contributed by atoms with E-state index in [-0.39, 0.29) is 5.92 Å². The van der Waals surface area contributed by atoms with Gasteiger partial charge in [-0.2, -0.15) is 0 Å². The second-order valence-electron chi connectivity index (χ2n) is 7.61. The van der Waals surface area contributed by atoms with Gasteiger partial charge in [-0.3, -0.25) is 14.9 Å². The number of amides is 2. The van der Waals surface area contributed by atoms with Crippen LogP contribution in [-0.2, 0) is 9.53 Å². The highest BCUT2D eigenvalue weighted by Crippen LogP contribution is 2.32. The van der Waals surface area contributed by atoms with Crippen molar-refractivity contribution < 1.29 is 19.1 Å². The Morgan fingerprint density at radius 2 is 1.41 bits per heavy atom. The van der Waals surface area contributed by atoms with E-state index in [9.17, 15) is 14.4 Å². The first kappa shape index (κ1) is 20.8. The summed E-state index contributed by atoms with van der Waals surface area (Å²) in [6.45, 7) is 1.73. The predicted octanol–water partition coefficient (Wildman–Crippen LogP) is 4.39. The summed E-state index contributed by atoms with van der Waals surface area (Å²) < 4.78 is 5.84. The molecule has 0 aromatic heterocycles. The number of rotatable bonds is 6. The normalized spacial score (nSPS) is 16.4. The van der Waals surface area contributed by atoms with Crippen molar-refractivity contribution in [1.82, 2.24) is 5.32 Å². The van der Waals surface area contributed by atoms with Crippen molar-refractivity contribution in [3.63, 3.8) is 0 Å². The molecule has 152 valence electrons. The SMILES string of the molecule is C[C@H](C(=O)NC(=O)c1ccccc1)[C@@H](OC(=O)c1ccccc1)C1CCCCC1. The number of carbonyl (C=O) groups is 3. The van der Waals surface area contributed by atoms with Gasteiger partial charge in [-0.25, -0.2) is 4.79 Å². The van der Waals surface area contributed by atoms with Crippen molar-refractivity contribution in [3.8, 4) is 0 Å². The van der Waals surface area contributed by atoms with Crippen LogP contribution in [0.5, 0.6) is 0 Å². The third-order valence-corrected chi connectivity index (χ3v) is 5.55. The molecule has 0 heterocycles. The minimum absolute atomic E-state index is 0.115. The molecule has 0 aliphatic heterocycles. The predicted molar refractivity (Wildman–Crippen MR) is 110 cm³/mol. The van der Waals surface area contributed by atoms with E-state index in [0.717, 1.165) is 32.1 Å². The van der Waals surface area contributed by atoms with Crippen molar-refractivity contribution in [2.75, 3.05) is 0 Å². The highest BCUT2D eigenvalue weighted by molar-refractivity contribution is 6.05. The summed E-state index contributed by atoms with van der Waals surface area (Å²) in [6.07, 6.45) is 4.53. The molecule has 1 aliphatic rings. The quantitative estimate of drug-likeness (QED) is 0.739. The second kappa shape index (κ2) is 10.0. The van der Waals surface area contributed by atoms with Gasteiger partial charge in [-0.05, 0) is 43.0 Å². The zero-order valence-electron chi connectivity index (χ0n) is 16.7. The van der Waals surface area contributed by atoms with Gasteiger partial charge in [-0.15, -0.1) is 0 Å². The highest BCUT2D eigenvalue weighted by Gasteiger charge is 2.36. The fraction of sp³-hybridized carbons (Fsp3) is 0.375. The van der Waals surface area contributed by atoms with Crippen molar-refractivity contribution in [3.05, 3.63) is 71.8 Å². The molecule has 5 heteroatoms. The lowest BCUT2D eigenvalue weighted by Gasteiger charge is -2.33. The highest BCUT2D eigenvalue weighted by atomic mass is 16.5. The maximum atomic E-state index is 12.8. The fourth-order valence-electron chi connectivity index (χ4n) is 3.87. The second-order valence-corrected chi connectivity index (χ2v) is 7.61. The van der Waals surface area contributed by atoms with Gasteiger partial charge in [0.25, 0.3) is 5.91 Å². The molecule has 29 heavy (non-hydrogen) atoms. The van der Waals surface area contributed by atoms with Crippen LogP contribution in [0.4, 0.5) is 0 Å². The minimum atomic E-state index is -0.626. The average molecular weight is 393 g/mol. The lowest BCUT2D eigenvalue weighted by atomic mass is 9.80. The minimum Gasteiger partial charge on any atom is -0.458 e. The molecule has 0 spiro atoms. The molecule has 2 aromatic carbocycles. The molecule has 1 N–H and O–H groups in total. The Hall–Kier alpha value is -2.95. The Morgan fingerprint density at radius 1 is 0.862 bits per heavy atom. The van der Waals surface area contributed by atoms with Crippen LogP contribution >= 0.6 is 0 Å². The van der Waals surface area contributed by atoms with E-state index in [1.54, 1.807) is 55.5 Å². The maximum absolute atomic E-state index is 12.8. The van der Waals surface area contributed by atoms with E-state index < -0.39 is 29.8 Å². The van der Waals surface area contributed by atoms with E-state index in [4.69, 9.17) is 4.74 Å². The summed E-state index contributed by atoms with van der Waals surface area (Å²) in [5.74, 6) is -1.81. The van der Waals surface area contributed by atoms with Crippen LogP contribution in [0.25, 0.3) is 0 Å². The number of hydrogen-bond donors (Lipinski definition) is 1. The smallest absolute Gasteiger partial charge is 0.338 e. The molecule has 0 unspecified atom stereocenters. The molecule has 1 saturated carbocycles. The number of ether oxygens (including phenoxy) is 1. The van der Waals surface area contributed by atoms with Gasteiger partial charge in [0, 0.05) is 5.56 Å². The van der Waals surface area contributed by atoms with E-state index in [0.29, 0.717) is 11.1 Å². The van der Waals surface area contributed by atoms with Gasteiger partial charge in [0.2, 0.25) is 5.91 Å².